The Morgan fingerprint density at radius 1 is 1.60 bits per heavy atom. The van der Waals surface area contributed by atoms with E-state index in [0.717, 1.165) is 26.1 Å². The quantitative estimate of drug-likeness (QED) is 0.677. The predicted octanol–water partition coefficient (Wildman–Crippen LogP) is 0.206. The number of hydrogen-bond donors (Lipinski definition) is 1. The van der Waals surface area contributed by atoms with E-state index in [1.165, 1.54) is 0 Å². The number of piperazine rings is 1. The molecule has 5 nitrogen and oxygen atoms in total. The minimum atomic E-state index is -0.195. The normalized spacial score (nSPS) is 31.7. The summed E-state index contributed by atoms with van der Waals surface area (Å²) in [5.41, 5.74) is 0. The highest BCUT2D eigenvalue weighted by Gasteiger charge is 2.27. The molecule has 5 heteroatoms. The minimum absolute atomic E-state index is 0.0421. The Hall–Kier alpha value is -0.810. The molecular weight excluding hydrogens is 196 g/mol. The lowest BCUT2D eigenvalue weighted by Crippen LogP contribution is -2.52. The second kappa shape index (κ2) is 4.81. The summed E-state index contributed by atoms with van der Waals surface area (Å²) in [6.07, 6.45) is 0.589. The van der Waals surface area contributed by atoms with Crippen molar-refractivity contribution in [2.75, 3.05) is 32.8 Å². The van der Waals surface area contributed by atoms with Gasteiger partial charge in [0, 0.05) is 32.1 Å². The Morgan fingerprint density at radius 2 is 2.47 bits per heavy atom. The van der Waals surface area contributed by atoms with Crippen LogP contribution >= 0.6 is 0 Å². The molecule has 2 saturated heterocycles. The SMILES string of the molecule is CC1CNCCN1C(=O)OC1CCOC1. The molecule has 1 N–H and O–H groups in total. The predicted molar refractivity (Wildman–Crippen MR) is 54.7 cm³/mol. The number of carbonyl (C=O) groups excluding carboxylic acids is 1. The second-order valence-electron chi connectivity index (χ2n) is 4.12. The molecule has 0 bridgehead atoms. The highest BCUT2D eigenvalue weighted by atomic mass is 16.6. The van der Waals surface area contributed by atoms with Gasteiger partial charge in [0.1, 0.15) is 6.10 Å². The van der Waals surface area contributed by atoms with E-state index in [-0.39, 0.29) is 18.2 Å². The van der Waals surface area contributed by atoms with Crippen molar-refractivity contribution >= 4 is 6.09 Å². The molecule has 0 aromatic rings. The Morgan fingerprint density at radius 3 is 3.13 bits per heavy atom. The molecule has 2 aliphatic heterocycles. The van der Waals surface area contributed by atoms with Crippen molar-refractivity contribution in [3.63, 3.8) is 0 Å². The fourth-order valence-electron chi connectivity index (χ4n) is 1.93. The fourth-order valence-corrected chi connectivity index (χ4v) is 1.93. The third kappa shape index (κ3) is 2.60. The Balaban J connectivity index is 1.83. The van der Waals surface area contributed by atoms with Gasteiger partial charge < -0.3 is 19.7 Å². The van der Waals surface area contributed by atoms with Gasteiger partial charge in [0.15, 0.2) is 0 Å². The van der Waals surface area contributed by atoms with Crippen LogP contribution in [-0.2, 0) is 9.47 Å². The van der Waals surface area contributed by atoms with Crippen LogP contribution in [0.4, 0.5) is 4.79 Å². The van der Waals surface area contributed by atoms with Gasteiger partial charge in [-0.15, -0.1) is 0 Å². The number of nitrogens with zero attached hydrogens (tertiary/aromatic N) is 1. The van der Waals surface area contributed by atoms with Gasteiger partial charge in [-0.2, -0.15) is 0 Å². The molecule has 0 aromatic heterocycles. The summed E-state index contributed by atoms with van der Waals surface area (Å²) >= 11 is 0. The van der Waals surface area contributed by atoms with Crippen molar-refractivity contribution in [1.29, 1.82) is 0 Å². The lowest BCUT2D eigenvalue weighted by molar-refractivity contribution is 0.0416. The molecule has 2 unspecified atom stereocenters. The van der Waals surface area contributed by atoms with Crippen LogP contribution in [0.3, 0.4) is 0 Å². The maximum Gasteiger partial charge on any atom is 0.410 e. The molecular formula is C10H18N2O3. The molecule has 0 saturated carbocycles. The highest BCUT2D eigenvalue weighted by molar-refractivity contribution is 5.68. The van der Waals surface area contributed by atoms with Crippen LogP contribution in [0.1, 0.15) is 13.3 Å². The van der Waals surface area contributed by atoms with Gasteiger partial charge in [-0.3, -0.25) is 0 Å². The first-order valence-corrected chi connectivity index (χ1v) is 5.53. The maximum atomic E-state index is 11.8. The molecule has 15 heavy (non-hydrogen) atoms. The van der Waals surface area contributed by atoms with E-state index in [1.807, 2.05) is 6.92 Å². The summed E-state index contributed by atoms with van der Waals surface area (Å²) in [7, 11) is 0. The lowest BCUT2D eigenvalue weighted by atomic mass is 10.2. The van der Waals surface area contributed by atoms with Gasteiger partial charge in [0.2, 0.25) is 0 Å². The molecule has 0 radical (unpaired) electrons. The standard InChI is InChI=1S/C10H18N2O3/c1-8-6-11-3-4-12(8)10(13)15-9-2-5-14-7-9/h8-9,11H,2-7H2,1H3. The zero-order chi connectivity index (χ0) is 10.7. The Kier molecular flexibility index (Phi) is 3.43. The molecule has 2 atom stereocenters. The molecule has 1 amide bonds. The first kappa shape index (κ1) is 10.7. The number of hydrogen-bond acceptors (Lipinski definition) is 4. The number of nitrogens with one attached hydrogen (secondary N) is 1. The van der Waals surface area contributed by atoms with Gasteiger partial charge in [-0.1, -0.05) is 0 Å². The summed E-state index contributed by atoms with van der Waals surface area (Å²) in [5, 5.41) is 3.24. The molecule has 0 aliphatic carbocycles. The van der Waals surface area contributed by atoms with Crippen LogP contribution in [0.2, 0.25) is 0 Å². The van der Waals surface area contributed by atoms with Crippen LogP contribution in [0.15, 0.2) is 0 Å². The minimum Gasteiger partial charge on any atom is -0.444 e. The highest BCUT2D eigenvalue weighted by Crippen LogP contribution is 2.12. The summed E-state index contributed by atoms with van der Waals surface area (Å²) < 4.78 is 10.5. The van der Waals surface area contributed by atoms with Gasteiger partial charge in [-0.05, 0) is 6.92 Å². The maximum absolute atomic E-state index is 11.8. The van der Waals surface area contributed by atoms with Crippen molar-refractivity contribution in [2.24, 2.45) is 0 Å². The molecule has 0 aromatic carbocycles. The van der Waals surface area contributed by atoms with E-state index in [4.69, 9.17) is 9.47 Å². The van der Waals surface area contributed by atoms with Crippen LogP contribution in [0.25, 0.3) is 0 Å². The monoisotopic (exact) mass is 214 g/mol. The first-order chi connectivity index (χ1) is 7.27. The van der Waals surface area contributed by atoms with Gasteiger partial charge in [0.05, 0.1) is 13.2 Å². The van der Waals surface area contributed by atoms with Crippen molar-refractivity contribution < 1.29 is 14.3 Å². The second-order valence-corrected chi connectivity index (χ2v) is 4.12. The average molecular weight is 214 g/mol. The zero-order valence-corrected chi connectivity index (χ0v) is 9.07. The van der Waals surface area contributed by atoms with Crippen molar-refractivity contribution in [1.82, 2.24) is 10.2 Å². The van der Waals surface area contributed by atoms with E-state index in [1.54, 1.807) is 4.90 Å². The number of ether oxygens (including phenoxy) is 2. The first-order valence-electron chi connectivity index (χ1n) is 5.53. The molecule has 2 rings (SSSR count). The molecule has 2 heterocycles. The van der Waals surface area contributed by atoms with Crippen LogP contribution in [-0.4, -0.2) is 56.0 Å². The summed E-state index contributed by atoms with van der Waals surface area (Å²) in [6, 6.07) is 0.216. The van der Waals surface area contributed by atoms with Gasteiger partial charge in [0.25, 0.3) is 0 Å². The summed E-state index contributed by atoms with van der Waals surface area (Å²) in [6.45, 7) is 5.70. The van der Waals surface area contributed by atoms with E-state index in [0.29, 0.717) is 13.2 Å². The molecule has 86 valence electrons. The largest absolute Gasteiger partial charge is 0.444 e. The van der Waals surface area contributed by atoms with Gasteiger partial charge in [-0.25, -0.2) is 4.79 Å². The lowest BCUT2D eigenvalue weighted by Gasteiger charge is -2.33. The topological polar surface area (TPSA) is 50.8 Å². The van der Waals surface area contributed by atoms with E-state index < -0.39 is 0 Å². The van der Waals surface area contributed by atoms with E-state index in [9.17, 15) is 4.79 Å². The molecule has 2 fully saturated rings. The molecule has 2 aliphatic rings. The molecule has 0 spiro atoms. The van der Waals surface area contributed by atoms with Crippen molar-refractivity contribution in [2.45, 2.75) is 25.5 Å². The van der Waals surface area contributed by atoms with Crippen molar-refractivity contribution in [3.8, 4) is 0 Å². The van der Waals surface area contributed by atoms with Crippen LogP contribution < -0.4 is 5.32 Å². The Labute approximate surface area is 89.7 Å². The number of amides is 1. The van der Waals surface area contributed by atoms with Crippen LogP contribution in [0.5, 0.6) is 0 Å². The van der Waals surface area contributed by atoms with Crippen molar-refractivity contribution in [3.05, 3.63) is 0 Å². The third-order valence-electron chi connectivity index (χ3n) is 2.89. The average Bonchev–Trinajstić information content (AvgIpc) is 2.71. The number of rotatable bonds is 1. The third-order valence-corrected chi connectivity index (χ3v) is 2.89. The summed E-state index contributed by atoms with van der Waals surface area (Å²) in [4.78, 5) is 13.6. The zero-order valence-electron chi connectivity index (χ0n) is 9.07. The number of carbonyl (C=O) groups is 1. The van der Waals surface area contributed by atoms with E-state index >= 15 is 0 Å². The van der Waals surface area contributed by atoms with Crippen LogP contribution in [0, 0.1) is 0 Å². The van der Waals surface area contributed by atoms with Gasteiger partial charge >= 0.3 is 6.09 Å². The summed E-state index contributed by atoms with van der Waals surface area (Å²) in [5.74, 6) is 0. The Bertz CT molecular complexity index is 229. The smallest absolute Gasteiger partial charge is 0.410 e. The van der Waals surface area contributed by atoms with E-state index in [2.05, 4.69) is 5.32 Å². The fraction of sp³-hybridized carbons (Fsp3) is 0.900.